The molecule has 0 atom stereocenters. The summed E-state index contributed by atoms with van der Waals surface area (Å²) in [4.78, 5) is 4.29. The second-order valence-corrected chi connectivity index (χ2v) is 4.41. The SMILES string of the molecule is Cc1nc(CCN)sc1Br. The van der Waals surface area contributed by atoms with Crippen LogP contribution in [0.15, 0.2) is 3.79 Å². The summed E-state index contributed by atoms with van der Waals surface area (Å²) in [6.45, 7) is 2.67. The van der Waals surface area contributed by atoms with E-state index in [1.54, 1.807) is 11.3 Å². The topological polar surface area (TPSA) is 38.9 Å². The third-order valence-electron chi connectivity index (χ3n) is 1.14. The third kappa shape index (κ3) is 1.78. The first-order valence-electron chi connectivity index (χ1n) is 3.06. The first kappa shape index (κ1) is 8.17. The van der Waals surface area contributed by atoms with Crippen molar-refractivity contribution in [2.24, 2.45) is 5.73 Å². The zero-order valence-electron chi connectivity index (χ0n) is 5.72. The Morgan fingerprint density at radius 1 is 1.70 bits per heavy atom. The summed E-state index contributed by atoms with van der Waals surface area (Å²) < 4.78 is 1.12. The molecular formula is C6H9BrN2S. The molecule has 0 amide bonds. The van der Waals surface area contributed by atoms with Gasteiger partial charge in [-0.3, -0.25) is 0 Å². The molecular weight excluding hydrogens is 212 g/mol. The second kappa shape index (κ2) is 3.46. The average Bonchev–Trinajstić information content (AvgIpc) is 2.14. The third-order valence-corrected chi connectivity index (χ3v) is 3.21. The molecule has 0 saturated heterocycles. The Morgan fingerprint density at radius 3 is 2.80 bits per heavy atom. The number of hydrogen-bond acceptors (Lipinski definition) is 3. The Kier molecular flexibility index (Phi) is 2.82. The van der Waals surface area contributed by atoms with E-state index in [2.05, 4.69) is 20.9 Å². The summed E-state index contributed by atoms with van der Waals surface area (Å²) in [7, 11) is 0. The molecule has 2 nitrogen and oxygen atoms in total. The van der Waals surface area contributed by atoms with Crippen LogP contribution in [0, 0.1) is 6.92 Å². The average molecular weight is 221 g/mol. The summed E-state index contributed by atoms with van der Waals surface area (Å²) >= 11 is 5.07. The minimum atomic E-state index is 0.680. The smallest absolute Gasteiger partial charge is 0.0952 e. The first-order valence-corrected chi connectivity index (χ1v) is 4.67. The van der Waals surface area contributed by atoms with Gasteiger partial charge in [-0.25, -0.2) is 4.98 Å². The van der Waals surface area contributed by atoms with Crippen LogP contribution in [-0.2, 0) is 6.42 Å². The Balaban J connectivity index is 2.77. The Hall–Kier alpha value is 0.0700. The maximum Gasteiger partial charge on any atom is 0.0952 e. The van der Waals surface area contributed by atoms with E-state index < -0.39 is 0 Å². The number of thiazole rings is 1. The molecule has 1 aromatic rings. The van der Waals surface area contributed by atoms with Gasteiger partial charge >= 0.3 is 0 Å². The molecule has 0 aliphatic carbocycles. The molecule has 1 rings (SSSR count). The van der Waals surface area contributed by atoms with Crippen molar-refractivity contribution >= 4 is 27.3 Å². The minimum Gasteiger partial charge on any atom is -0.330 e. The minimum absolute atomic E-state index is 0.680. The summed E-state index contributed by atoms with van der Waals surface area (Å²) in [6.07, 6.45) is 0.886. The van der Waals surface area contributed by atoms with Crippen molar-refractivity contribution in [2.75, 3.05) is 6.54 Å². The molecule has 0 saturated carbocycles. The standard InChI is InChI=1S/C6H9BrN2S/c1-4-6(7)10-5(9-4)2-3-8/h2-3,8H2,1H3. The molecule has 1 heterocycles. The Bertz CT molecular complexity index is 202. The van der Waals surface area contributed by atoms with Crippen molar-refractivity contribution in [3.8, 4) is 0 Å². The zero-order valence-corrected chi connectivity index (χ0v) is 8.13. The van der Waals surface area contributed by atoms with Crippen LogP contribution in [0.5, 0.6) is 0 Å². The van der Waals surface area contributed by atoms with Crippen molar-refractivity contribution in [1.82, 2.24) is 4.98 Å². The van der Waals surface area contributed by atoms with E-state index in [9.17, 15) is 0 Å². The van der Waals surface area contributed by atoms with Gasteiger partial charge in [-0.1, -0.05) is 0 Å². The lowest BCUT2D eigenvalue weighted by Gasteiger charge is -1.85. The monoisotopic (exact) mass is 220 g/mol. The van der Waals surface area contributed by atoms with Crippen LogP contribution >= 0.6 is 27.3 Å². The highest BCUT2D eigenvalue weighted by molar-refractivity contribution is 9.11. The largest absolute Gasteiger partial charge is 0.330 e. The molecule has 0 radical (unpaired) electrons. The highest BCUT2D eigenvalue weighted by Gasteiger charge is 2.02. The lowest BCUT2D eigenvalue weighted by molar-refractivity contribution is 0.945. The lowest BCUT2D eigenvalue weighted by Crippen LogP contribution is -2.01. The molecule has 0 fully saturated rings. The van der Waals surface area contributed by atoms with E-state index in [1.807, 2.05) is 6.92 Å². The highest BCUT2D eigenvalue weighted by Crippen LogP contribution is 2.23. The number of hydrogen-bond donors (Lipinski definition) is 1. The molecule has 10 heavy (non-hydrogen) atoms. The normalized spacial score (nSPS) is 10.3. The van der Waals surface area contributed by atoms with Gasteiger partial charge in [-0.15, -0.1) is 11.3 Å². The van der Waals surface area contributed by atoms with Crippen LogP contribution in [0.3, 0.4) is 0 Å². The fraction of sp³-hybridized carbons (Fsp3) is 0.500. The fourth-order valence-electron chi connectivity index (χ4n) is 0.662. The number of halogens is 1. The molecule has 0 aliphatic rings. The summed E-state index contributed by atoms with van der Waals surface area (Å²) in [6, 6.07) is 0. The van der Waals surface area contributed by atoms with Gasteiger partial charge in [0.25, 0.3) is 0 Å². The Morgan fingerprint density at radius 2 is 2.40 bits per heavy atom. The summed E-state index contributed by atoms with van der Waals surface area (Å²) in [5.74, 6) is 0. The fourth-order valence-corrected chi connectivity index (χ4v) is 2.11. The van der Waals surface area contributed by atoms with Crippen LogP contribution in [0.4, 0.5) is 0 Å². The molecule has 4 heteroatoms. The summed E-state index contributed by atoms with van der Waals surface area (Å²) in [5.41, 5.74) is 6.43. The molecule has 0 bridgehead atoms. The predicted octanol–water partition coefficient (Wildman–Crippen LogP) is 1.72. The zero-order chi connectivity index (χ0) is 7.56. The number of nitrogens with zero attached hydrogens (tertiary/aromatic N) is 1. The molecule has 0 aromatic carbocycles. The molecule has 2 N–H and O–H groups in total. The second-order valence-electron chi connectivity index (χ2n) is 2.01. The molecule has 1 aromatic heterocycles. The van der Waals surface area contributed by atoms with Crippen LogP contribution in [-0.4, -0.2) is 11.5 Å². The van der Waals surface area contributed by atoms with E-state index >= 15 is 0 Å². The van der Waals surface area contributed by atoms with Gasteiger partial charge in [-0.05, 0) is 29.4 Å². The van der Waals surface area contributed by atoms with Crippen LogP contribution < -0.4 is 5.73 Å². The van der Waals surface area contributed by atoms with Crippen molar-refractivity contribution in [2.45, 2.75) is 13.3 Å². The van der Waals surface area contributed by atoms with Crippen molar-refractivity contribution in [1.29, 1.82) is 0 Å². The molecule has 0 unspecified atom stereocenters. The predicted molar refractivity (Wildman–Crippen MR) is 47.3 cm³/mol. The van der Waals surface area contributed by atoms with Gasteiger partial charge in [-0.2, -0.15) is 0 Å². The van der Waals surface area contributed by atoms with E-state index in [0.717, 1.165) is 20.9 Å². The van der Waals surface area contributed by atoms with E-state index in [-0.39, 0.29) is 0 Å². The van der Waals surface area contributed by atoms with E-state index in [0.29, 0.717) is 6.54 Å². The van der Waals surface area contributed by atoms with Gasteiger partial charge in [0.05, 0.1) is 14.5 Å². The number of aromatic nitrogens is 1. The molecule has 56 valence electrons. The highest BCUT2D eigenvalue weighted by atomic mass is 79.9. The maximum atomic E-state index is 5.37. The Labute approximate surface area is 72.6 Å². The number of aryl methyl sites for hydroxylation is 1. The maximum absolute atomic E-state index is 5.37. The number of nitrogens with two attached hydrogens (primary N) is 1. The quantitative estimate of drug-likeness (QED) is 0.825. The van der Waals surface area contributed by atoms with Gasteiger partial charge in [0.1, 0.15) is 0 Å². The molecule has 0 aliphatic heterocycles. The lowest BCUT2D eigenvalue weighted by atomic mass is 10.4. The number of rotatable bonds is 2. The van der Waals surface area contributed by atoms with Gasteiger partial charge in [0.15, 0.2) is 0 Å². The van der Waals surface area contributed by atoms with Crippen molar-refractivity contribution in [3.05, 3.63) is 14.5 Å². The van der Waals surface area contributed by atoms with Crippen molar-refractivity contribution < 1.29 is 0 Å². The van der Waals surface area contributed by atoms with Gasteiger partial charge in [0, 0.05) is 6.42 Å². The van der Waals surface area contributed by atoms with Gasteiger partial charge in [0.2, 0.25) is 0 Å². The van der Waals surface area contributed by atoms with Crippen LogP contribution in [0.25, 0.3) is 0 Å². The first-order chi connectivity index (χ1) is 4.74. The van der Waals surface area contributed by atoms with E-state index in [4.69, 9.17) is 5.73 Å². The molecule has 0 spiro atoms. The van der Waals surface area contributed by atoms with Crippen molar-refractivity contribution in [3.63, 3.8) is 0 Å². The van der Waals surface area contributed by atoms with Gasteiger partial charge < -0.3 is 5.73 Å². The van der Waals surface area contributed by atoms with Crippen LogP contribution in [0.1, 0.15) is 10.7 Å². The van der Waals surface area contributed by atoms with E-state index in [1.165, 1.54) is 0 Å². The summed E-state index contributed by atoms with van der Waals surface area (Å²) in [5, 5.41) is 1.12. The van der Waals surface area contributed by atoms with Crippen LogP contribution in [0.2, 0.25) is 0 Å².